The van der Waals surface area contributed by atoms with Gasteiger partial charge in [0.05, 0.1) is 11.1 Å². The number of hydrogen-bond acceptors (Lipinski definition) is 4. The van der Waals surface area contributed by atoms with Crippen LogP contribution in [0, 0.1) is 11.3 Å². The van der Waals surface area contributed by atoms with E-state index in [9.17, 15) is 4.79 Å². The summed E-state index contributed by atoms with van der Waals surface area (Å²) in [5, 5.41) is 1.61. The fourth-order valence-corrected chi connectivity index (χ4v) is 6.88. The van der Waals surface area contributed by atoms with Gasteiger partial charge in [-0.1, -0.05) is 81.1 Å². The maximum Gasteiger partial charge on any atom is 0.267 e. The maximum absolute atomic E-state index is 13.9. The van der Waals surface area contributed by atoms with Gasteiger partial charge in [0.25, 0.3) is 5.56 Å². The first-order chi connectivity index (χ1) is 15.4. The predicted molar refractivity (Wildman–Crippen MR) is 136 cm³/mol. The molecule has 5 heteroatoms. The van der Waals surface area contributed by atoms with E-state index in [4.69, 9.17) is 4.98 Å². The van der Waals surface area contributed by atoms with Crippen LogP contribution in [0.15, 0.2) is 70.6 Å². The molecule has 2 aromatic carbocycles. The van der Waals surface area contributed by atoms with Crippen molar-refractivity contribution in [3.8, 4) is 5.69 Å². The lowest BCUT2D eigenvalue weighted by Gasteiger charge is -2.33. The summed E-state index contributed by atoms with van der Waals surface area (Å²) < 4.78 is 1.82. The van der Waals surface area contributed by atoms with Gasteiger partial charge in [-0.3, -0.25) is 9.36 Å². The normalized spacial score (nSPS) is 16.3. The molecule has 32 heavy (non-hydrogen) atoms. The molecule has 2 heterocycles. The summed E-state index contributed by atoms with van der Waals surface area (Å²) in [5.41, 5.74) is 3.70. The molecule has 0 fully saturated rings. The molecule has 1 atom stereocenters. The van der Waals surface area contributed by atoms with Crippen molar-refractivity contribution >= 4 is 33.3 Å². The molecule has 164 valence electrons. The molecule has 5 rings (SSSR count). The topological polar surface area (TPSA) is 34.9 Å². The van der Waals surface area contributed by atoms with E-state index in [1.807, 2.05) is 41.0 Å². The number of aryl methyl sites for hydroxylation is 1. The lowest BCUT2D eigenvalue weighted by atomic mass is 9.72. The van der Waals surface area contributed by atoms with E-state index in [2.05, 4.69) is 45.0 Å². The molecule has 3 nitrogen and oxygen atoms in total. The Kier molecular flexibility index (Phi) is 5.72. The molecule has 0 saturated heterocycles. The van der Waals surface area contributed by atoms with E-state index in [1.54, 1.807) is 23.1 Å². The summed E-state index contributed by atoms with van der Waals surface area (Å²) in [6.07, 6.45) is 3.16. The zero-order chi connectivity index (χ0) is 22.3. The maximum atomic E-state index is 13.9. The van der Waals surface area contributed by atoms with E-state index < -0.39 is 0 Å². The highest BCUT2D eigenvalue weighted by molar-refractivity contribution is 7.98. The van der Waals surface area contributed by atoms with Gasteiger partial charge in [0.15, 0.2) is 5.16 Å². The molecule has 1 aliphatic carbocycles. The number of rotatable bonds is 4. The number of para-hydroxylation sites is 1. The summed E-state index contributed by atoms with van der Waals surface area (Å²) >= 11 is 3.37. The van der Waals surface area contributed by atoms with E-state index >= 15 is 0 Å². The first-order valence-electron chi connectivity index (χ1n) is 11.2. The average Bonchev–Trinajstić information content (AvgIpc) is 3.16. The molecule has 0 amide bonds. The van der Waals surface area contributed by atoms with Crippen LogP contribution in [0.5, 0.6) is 0 Å². The number of thiophene rings is 1. The molecule has 0 bridgehead atoms. The average molecular weight is 461 g/mol. The Bertz CT molecular complexity index is 1300. The van der Waals surface area contributed by atoms with E-state index in [0.717, 1.165) is 46.1 Å². The van der Waals surface area contributed by atoms with Crippen molar-refractivity contribution in [2.24, 2.45) is 11.3 Å². The van der Waals surface area contributed by atoms with Gasteiger partial charge in [-0.2, -0.15) is 0 Å². The molecular weight excluding hydrogens is 432 g/mol. The highest BCUT2D eigenvalue weighted by Crippen LogP contribution is 2.42. The van der Waals surface area contributed by atoms with Gasteiger partial charge in [-0.25, -0.2) is 4.98 Å². The van der Waals surface area contributed by atoms with Gasteiger partial charge in [0.2, 0.25) is 0 Å². The van der Waals surface area contributed by atoms with Crippen LogP contribution in [0.4, 0.5) is 0 Å². The molecule has 0 N–H and O–H groups in total. The zero-order valence-electron chi connectivity index (χ0n) is 18.8. The minimum Gasteiger partial charge on any atom is -0.268 e. The second kappa shape index (κ2) is 8.53. The molecule has 0 saturated carbocycles. The van der Waals surface area contributed by atoms with Crippen LogP contribution in [0.25, 0.3) is 15.9 Å². The van der Waals surface area contributed by atoms with Gasteiger partial charge < -0.3 is 0 Å². The van der Waals surface area contributed by atoms with Crippen LogP contribution >= 0.6 is 23.1 Å². The van der Waals surface area contributed by atoms with Crippen molar-refractivity contribution in [3.63, 3.8) is 0 Å². The molecule has 0 spiro atoms. The van der Waals surface area contributed by atoms with E-state index in [-0.39, 0.29) is 11.0 Å². The lowest BCUT2D eigenvalue weighted by molar-refractivity contribution is 0.218. The summed E-state index contributed by atoms with van der Waals surface area (Å²) in [6.45, 7) is 6.98. The minimum atomic E-state index is 0.0727. The molecule has 4 aromatic rings. The molecule has 1 aliphatic rings. The van der Waals surface area contributed by atoms with Crippen LogP contribution in [0.3, 0.4) is 0 Å². The first-order valence-corrected chi connectivity index (χ1v) is 13.0. The Morgan fingerprint density at radius 1 is 1.06 bits per heavy atom. The van der Waals surface area contributed by atoms with Crippen molar-refractivity contribution in [1.29, 1.82) is 0 Å². The molecule has 1 unspecified atom stereocenters. The van der Waals surface area contributed by atoms with E-state index in [0.29, 0.717) is 5.92 Å². The largest absolute Gasteiger partial charge is 0.268 e. The number of benzene rings is 2. The number of thioether (sulfide) groups is 1. The Balaban J connectivity index is 1.63. The van der Waals surface area contributed by atoms with Crippen LogP contribution in [0.2, 0.25) is 0 Å². The third kappa shape index (κ3) is 4.04. The number of hydrogen-bond donors (Lipinski definition) is 0. The van der Waals surface area contributed by atoms with Gasteiger partial charge >= 0.3 is 0 Å². The van der Waals surface area contributed by atoms with Gasteiger partial charge in [0, 0.05) is 10.6 Å². The summed E-state index contributed by atoms with van der Waals surface area (Å²) in [7, 11) is 0. The van der Waals surface area contributed by atoms with Crippen molar-refractivity contribution in [3.05, 3.63) is 87.0 Å². The highest BCUT2D eigenvalue weighted by atomic mass is 32.2. The number of fused-ring (bicyclic) bond motifs is 3. The summed E-state index contributed by atoms with van der Waals surface area (Å²) in [5.74, 6) is 1.43. The van der Waals surface area contributed by atoms with Crippen LogP contribution in [-0.2, 0) is 18.6 Å². The molecule has 2 aromatic heterocycles. The number of nitrogens with zero attached hydrogens (tertiary/aromatic N) is 2. The van der Waals surface area contributed by atoms with Crippen molar-refractivity contribution in [2.45, 2.75) is 50.9 Å². The second-order valence-electron chi connectivity index (χ2n) is 9.63. The summed E-state index contributed by atoms with van der Waals surface area (Å²) in [4.78, 5) is 21.2. The first kappa shape index (κ1) is 21.5. The van der Waals surface area contributed by atoms with E-state index in [1.165, 1.54) is 16.0 Å². The lowest BCUT2D eigenvalue weighted by Crippen LogP contribution is -2.27. The third-order valence-electron chi connectivity index (χ3n) is 6.50. The zero-order valence-corrected chi connectivity index (χ0v) is 20.4. The smallest absolute Gasteiger partial charge is 0.267 e. The van der Waals surface area contributed by atoms with Gasteiger partial charge in [-0.05, 0) is 53.9 Å². The van der Waals surface area contributed by atoms with Crippen LogP contribution < -0.4 is 5.56 Å². The third-order valence-corrected chi connectivity index (χ3v) is 8.66. The molecular formula is C27H28N2OS2. The van der Waals surface area contributed by atoms with Crippen LogP contribution in [-0.4, -0.2) is 9.55 Å². The molecule has 0 aliphatic heterocycles. The standard InChI is InChI=1S/C27H28N2OS2/c1-27(2,3)19-14-15-21-22(16-19)32-24-23(21)25(30)29(20-12-8-5-9-13-20)26(28-24)31-17-18-10-6-4-7-11-18/h4-13,19H,14-17H2,1-3H3. The Labute approximate surface area is 197 Å². The molecule has 0 radical (unpaired) electrons. The quantitative estimate of drug-likeness (QED) is 0.246. The fraction of sp³-hybridized carbons (Fsp3) is 0.333. The Morgan fingerprint density at radius 2 is 1.75 bits per heavy atom. The Morgan fingerprint density at radius 3 is 2.44 bits per heavy atom. The predicted octanol–water partition coefficient (Wildman–Crippen LogP) is 6.89. The van der Waals surface area contributed by atoms with Gasteiger partial charge in [-0.15, -0.1) is 11.3 Å². The highest BCUT2D eigenvalue weighted by Gasteiger charge is 2.32. The summed E-state index contributed by atoms with van der Waals surface area (Å²) in [6, 6.07) is 20.3. The van der Waals surface area contributed by atoms with Crippen molar-refractivity contribution in [2.75, 3.05) is 0 Å². The van der Waals surface area contributed by atoms with Crippen LogP contribution in [0.1, 0.15) is 43.2 Å². The van der Waals surface area contributed by atoms with Gasteiger partial charge in [0.1, 0.15) is 4.83 Å². The second-order valence-corrected chi connectivity index (χ2v) is 11.7. The van der Waals surface area contributed by atoms with Crippen molar-refractivity contribution < 1.29 is 0 Å². The number of aromatic nitrogens is 2. The Hall–Kier alpha value is -2.37. The minimum absolute atomic E-state index is 0.0727. The SMILES string of the molecule is CC(C)(C)C1CCc2c(sc3nc(SCc4ccccc4)n(-c4ccccc4)c(=O)c23)C1. The monoisotopic (exact) mass is 460 g/mol. The fourth-order valence-electron chi connectivity index (χ4n) is 4.57. The van der Waals surface area contributed by atoms with Crippen molar-refractivity contribution in [1.82, 2.24) is 9.55 Å².